The van der Waals surface area contributed by atoms with Gasteiger partial charge in [-0.25, -0.2) is 0 Å². The van der Waals surface area contributed by atoms with Gasteiger partial charge in [0.2, 0.25) is 0 Å². The largest absolute Gasteiger partial charge is 0.355 e. The Morgan fingerprint density at radius 2 is 1.86 bits per heavy atom. The average Bonchev–Trinajstić information content (AvgIpc) is 2.50. The van der Waals surface area contributed by atoms with Gasteiger partial charge in [0.25, 0.3) is 0 Å². The number of rotatable bonds is 6. The van der Waals surface area contributed by atoms with Gasteiger partial charge in [0.15, 0.2) is 5.96 Å². The van der Waals surface area contributed by atoms with Crippen LogP contribution in [0, 0.1) is 5.92 Å². The normalized spacial score (nSPS) is 30.5. The molecule has 2 atom stereocenters. The molecule has 2 unspecified atom stereocenters. The number of piperazine rings is 3. The summed E-state index contributed by atoms with van der Waals surface area (Å²) in [5.41, 5.74) is 0. The molecule has 0 aromatic rings. The van der Waals surface area contributed by atoms with Gasteiger partial charge in [0, 0.05) is 58.4 Å². The maximum atomic E-state index is 4.36. The fraction of sp³-hybridized carbons (Fsp3) is 0.938. The van der Waals surface area contributed by atoms with Crippen molar-refractivity contribution in [3.63, 3.8) is 0 Å². The Labute approximate surface area is 130 Å². The second kappa shape index (κ2) is 7.99. The lowest BCUT2D eigenvalue weighted by molar-refractivity contribution is 0.0154. The van der Waals surface area contributed by atoms with E-state index in [0.717, 1.165) is 18.4 Å². The Morgan fingerprint density at radius 3 is 2.38 bits per heavy atom. The zero-order valence-corrected chi connectivity index (χ0v) is 14.2. The van der Waals surface area contributed by atoms with Crippen LogP contribution in [-0.2, 0) is 0 Å². The fourth-order valence-electron chi connectivity index (χ4n) is 3.22. The molecule has 3 rings (SSSR count). The molecule has 0 spiro atoms. The highest BCUT2D eigenvalue weighted by Crippen LogP contribution is 2.14. The molecule has 0 aliphatic carbocycles. The predicted octanol–water partition coefficient (Wildman–Crippen LogP) is 0.976. The molecule has 5 nitrogen and oxygen atoms in total. The molecule has 3 aliphatic rings. The van der Waals surface area contributed by atoms with Crippen molar-refractivity contribution in [3.05, 3.63) is 0 Å². The maximum Gasteiger partial charge on any atom is 0.191 e. The quantitative estimate of drug-likeness (QED) is 0.566. The number of fused-ring (bicyclic) bond motifs is 3. The molecule has 0 aromatic heterocycles. The Morgan fingerprint density at radius 1 is 1.14 bits per heavy atom. The first-order chi connectivity index (χ1) is 10.1. The first-order valence-corrected chi connectivity index (χ1v) is 8.52. The third-order valence-electron chi connectivity index (χ3n) is 4.68. The molecule has 0 aromatic carbocycles. The van der Waals surface area contributed by atoms with E-state index in [9.17, 15) is 0 Å². The summed E-state index contributed by atoms with van der Waals surface area (Å²) in [6, 6.07) is 1.11. The van der Waals surface area contributed by atoms with Gasteiger partial charge >= 0.3 is 0 Å². The summed E-state index contributed by atoms with van der Waals surface area (Å²) in [4.78, 5) is 9.55. The highest BCUT2D eigenvalue weighted by Gasteiger charge is 2.31. The lowest BCUT2D eigenvalue weighted by Crippen LogP contribution is -2.64. The highest BCUT2D eigenvalue weighted by molar-refractivity contribution is 5.79. The molecule has 21 heavy (non-hydrogen) atoms. The Balaban J connectivity index is 1.70. The summed E-state index contributed by atoms with van der Waals surface area (Å²) in [6.45, 7) is 13.9. The molecule has 0 radical (unpaired) electrons. The van der Waals surface area contributed by atoms with Crippen LogP contribution in [0.15, 0.2) is 4.99 Å². The summed E-state index contributed by atoms with van der Waals surface area (Å²) >= 11 is 0. The van der Waals surface area contributed by atoms with E-state index in [2.05, 4.69) is 46.2 Å². The maximum absolute atomic E-state index is 4.36. The lowest BCUT2D eigenvalue weighted by atomic mass is 10.0. The third-order valence-corrected chi connectivity index (χ3v) is 4.68. The van der Waals surface area contributed by atoms with Crippen molar-refractivity contribution in [1.29, 1.82) is 0 Å². The van der Waals surface area contributed by atoms with Gasteiger partial charge in [-0.3, -0.25) is 14.8 Å². The lowest BCUT2D eigenvalue weighted by Gasteiger charge is -2.47. The number of aliphatic imine (C=N–C) groups is 1. The summed E-state index contributed by atoms with van der Waals surface area (Å²) < 4.78 is 0. The molecule has 122 valence electrons. The van der Waals surface area contributed by atoms with Gasteiger partial charge in [-0.1, -0.05) is 13.8 Å². The summed E-state index contributed by atoms with van der Waals surface area (Å²) in [6.07, 6.45) is 2.46. The van der Waals surface area contributed by atoms with Gasteiger partial charge in [-0.05, 0) is 25.7 Å². The molecule has 2 N–H and O–H groups in total. The van der Waals surface area contributed by atoms with Gasteiger partial charge in [-0.15, -0.1) is 0 Å². The van der Waals surface area contributed by atoms with Crippen LogP contribution in [0.2, 0.25) is 0 Å². The van der Waals surface area contributed by atoms with Crippen LogP contribution in [-0.4, -0.2) is 74.2 Å². The SMILES string of the molecule is CN=C(NCC1CN2CCN1CC2)NC(C)CCC(C)C. The first kappa shape index (κ1) is 16.6. The van der Waals surface area contributed by atoms with Crippen molar-refractivity contribution in [2.24, 2.45) is 10.9 Å². The summed E-state index contributed by atoms with van der Waals surface area (Å²) in [5, 5.41) is 7.03. The summed E-state index contributed by atoms with van der Waals surface area (Å²) in [5.74, 6) is 1.72. The molecular weight excluding hydrogens is 262 g/mol. The average molecular weight is 295 g/mol. The minimum atomic E-state index is 0.477. The van der Waals surface area contributed by atoms with Crippen LogP contribution in [0.25, 0.3) is 0 Å². The van der Waals surface area contributed by atoms with E-state index < -0.39 is 0 Å². The van der Waals surface area contributed by atoms with E-state index in [1.807, 2.05) is 7.05 Å². The number of hydrogen-bond donors (Lipinski definition) is 2. The molecule has 3 aliphatic heterocycles. The number of guanidine groups is 1. The third kappa shape index (κ3) is 5.15. The topological polar surface area (TPSA) is 42.9 Å². The van der Waals surface area contributed by atoms with Crippen LogP contribution in [0.3, 0.4) is 0 Å². The van der Waals surface area contributed by atoms with E-state index in [-0.39, 0.29) is 0 Å². The Hall–Kier alpha value is -0.810. The zero-order valence-electron chi connectivity index (χ0n) is 14.2. The van der Waals surface area contributed by atoms with Crippen LogP contribution in [0.5, 0.6) is 0 Å². The van der Waals surface area contributed by atoms with Gasteiger partial charge in [0.1, 0.15) is 0 Å². The fourth-order valence-corrected chi connectivity index (χ4v) is 3.22. The summed E-state index contributed by atoms with van der Waals surface area (Å²) in [7, 11) is 1.86. The second-order valence-corrected chi connectivity index (χ2v) is 6.96. The Kier molecular flexibility index (Phi) is 6.30. The van der Waals surface area contributed by atoms with Crippen molar-refractivity contribution in [1.82, 2.24) is 20.4 Å². The van der Waals surface area contributed by atoms with Crippen molar-refractivity contribution in [2.45, 2.75) is 45.7 Å². The molecule has 3 fully saturated rings. The zero-order chi connectivity index (χ0) is 15.2. The molecule has 3 heterocycles. The van der Waals surface area contributed by atoms with E-state index in [4.69, 9.17) is 0 Å². The number of nitrogens with zero attached hydrogens (tertiary/aromatic N) is 3. The molecule has 5 heteroatoms. The van der Waals surface area contributed by atoms with Crippen molar-refractivity contribution in [3.8, 4) is 0 Å². The second-order valence-electron chi connectivity index (χ2n) is 6.96. The van der Waals surface area contributed by atoms with E-state index in [0.29, 0.717) is 12.1 Å². The van der Waals surface area contributed by atoms with E-state index in [1.165, 1.54) is 45.6 Å². The predicted molar refractivity (Wildman–Crippen MR) is 89.8 cm³/mol. The van der Waals surface area contributed by atoms with E-state index >= 15 is 0 Å². The highest BCUT2D eigenvalue weighted by atomic mass is 15.4. The van der Waals surface area contributed by atoms with E-state index in [1.54, 1.807) is 0 Å². The van der Waals surface area contributed by atoms with Crippen LogP contribution < -0.4 is 10.6 Å². The number of hydrogen-bond acceptors (Lipinski definition) is 3. The molecule has 0 saturated carbocycles. The number of nitrogens with one attached hydrogen (secondary N) is 2. The van der Waals surface area contributed by atoms with Crippen molar-refractivity contribution >= 4 is 5.96 Å². The molecule has 2 bridgehead atoms. The van der Waals surface area contributed by atoms with Crippen LogP contribution >= 0.6 is 0 Å². The monoisotopic (exact) mass is 295 g/mol. The minimum absolute atomic E-state index is 0.477. The Bertz CT molecular complexity index is 334. The van der Waals surface area contributed by atoms with Gasteiger partial charge in [0.05, 0.1) is 0 Å². The standard InChI is InChI=1S/C16H33N5/c1-13(2)5-6-14(3)19-16(17-4)18-11-15-12-20-7-9-21(15)10-8-20/h13-15H,5-12H2,1-4H3,(H2,17,18,19). The van der Waals surface area contributed by atoms with Crippen LogP contribution in [0.1, 0.15) is 33.6 Å². The first-order valence-electron chi connectivity index (χ1n) is 8.52. The van der Waals surface area contributed by atoms with Crippen LogP contribution in [0.4, 0.5) is 0 Å². The van der Waals surface area contributed by atoms with Crippen molar-refractivity contribution < 1.29 is 0 Å². The molecule has 0 amide bonds. The molecular formula is C16H33N5. The van der Waals surface area contributed by atoms with Gasteiger partial charge in [-0.2, -0.15) is 0 Å². The smallest absolute Gasteiger partial charge is 0.191 e. The molecule has 3 saturated heterocycles. The van der Waals surface area contributed by atoms with Gasteiger partial charge < -0.3 is 10.6 Å². The van der Waals surface area contributed by atoms with Crippen molar-refractivity contribution in [2.75, 3.05) is 46.3 Å². The minimum Gasteiger partial charge on any atom is -0.355 e.